The number of carbonyl (C=O) groups excluding carboxylic acids is 2. The topological polar surface area (TPSA) is 98.5 Å². The molecule has 150 valence electrons. The molecule has 0 heterocycles. The number of carbonyl (C=O) groups is 2. The van der Waals surface area contributed by atoms with Crippen molar-refractivity contribution in [3.63, 3.8) is 0 Å². The molecule has 7 nitrogen and oxygen atoms in total. The van der Waals surface area contributed by atoms with E-state index in [1.807, 2.05) is 18.2 Å². The average molecular weight is 394 g/mol. The molecule has 29 heavy (non-hydrogen) atoms. The van der Waals surface area contributed by atoms with E-state index in [0.717, 1.165) is 24.8 Å². The zero-order valence-electron chi connectivity index (χ0n) is 16.0. The molecule has 1 aliphatic carbocycles. The first-order valence-corrected chi connectivity index (χ1v) is 9.45. The number of rotatable bonds is 6. The highest BCUT2D eigenvalue weighted by Gasteiger charge is 2.24. The number of fused-ring (bicyclic) bond motifs is 1. The largest absolute Gasteiger partial charge is 0.449 e. The van der Waals surface area contributed by atoms with E-state index in [-0.39, 0.29) is 17.6 Å². The molecule has 0 saturated heterocycles. The lowest BCUT2D eigenvalue weighted by atomic mass is 9.87. The highest BCUT2D eigenvalue weighted by atomic mass is 16.6. The van der Waals surface area contributed by atoms with E-state index in [1.54, 1.807) is 0 Å². The third kappa shape index (κ3) is 5.28. The minimum absolute atomic E-state index is 0.0284. The number of esters is 1. The van der Waals surface area contributed by atoms with Crippen molar-refractivity contribution in [2.45, 2.75) is 38.3 Å². The third-order valence-electron chi connectivity index (χ3n) is 4.86. The Morgan fingerprint density at radius 2 is 1.93 bits per heavy atom. The van der Waals surface area contributed by atoms with Crippen molar-refractivity contribution in [2.75, 3.05) is 0 Å². The maximum absolute atomic E-state index is 12.5. The number of hydrogen-bond donors (Lipinski definition) is 1. The van der Waals surface area contributed by atoms with Gasteiger partial charge in [-0.3, -0.25) is 14.9 Å². The van der Waals surface area contributed by atoms with E-state index < -0.39 is 17.0 Å². The quantitative estimate of drug-likeness (QED) is 0.348. The molecule has 0 aromatic heterocycles. The predicted octanol–water partition coefficient (Wildman–Crippen LogP) is 3.73. The summed E-state index contributed by atoms with van der Waals surface area (Å²) < 4.78 is 5.18. The molecular formula is C22H22N2O5. The number of aryl methyl sites for hydroxylation is 1. The molecule has 3 rings (SSSR count). The van der Waals surface area contributed by atoms with Crippen LogP contribution >= 0.6 is 0 Å². The first kappa shape index (κ1) is 20.3. The van der Waals surface area contributed by atoms with E-state index in [9.17, 15) is 19.7 Å². The zero-order chi connectivity index (χ0) is 20.8. The first-order valence-electron chi connectivity index (χ1n) is 9.45. The molecule has 1 N–H and O–H groups in total. The van der Waals surface area contributed by atoms with Gasteiger partial charge in [0.05, 0.1) is 11.0 Å². The van der Waals surface area contributed by atoms with Crippen LogP contribution in [-0.4, -0.2) is 22.9 Å². The molecular weight excluding hydrogens is 372 g/mol. The molecule has 2 aromatic rings. The molecule has 0 saturated carbocycles. The van der Waals surface area contributed by atoms with Crippen LogP contribution in [0.2, 0.25) is 0 Å². The minimum atomic E-state index is -0.932. The van der Waals surface area contributed by atoms with Gasteiger partial charge in [0, 0.05) is 18.2 Å². The van der Waals surface area contributed by atoms with Gasteiger partial charge < -0.3 is 10.1 Å². The van der Waals surface area contributed by atoms with Crippen LogP contribution in [0.3, 0.4) is 0 Å². The molecule has 2 aromatic carbocycles. The Balaban J connectivity index is 1.54. The second kappa shape index (κ2) is 9.14. The van der Waals surface area contributed by atoms with Crippen LogP contribution in [0.1, 0.15) is 42.5 Å². The predicted molar refractivity (Wildman–Crippen MR) is 108 cm³/mol. The normalized spacial score (nSPS) is 16.7. The Morgan fingerprint density at radius 1 is 1.21 bits per heavy atom. The number of ether oxygens (including phenoxy) is 1. The molecule has 0 unspecified atom stereocenters. The van der Waals surface area contributed by atoms with E-state index in [2.05, 4.69) is 11.4 Å². The SMILES string of the molecule is C[C@@H](OC(=O)/C=C/c1ccc([N+](=O)[O-])cc1)C(=O)N[C@@H]1CCCc2ccccc21. The van der Waals surface area contributed by atoms with Crippen LogP contribution in [0.4, 0.5) is 5.69 Å². The van der Waals surface area contributed by atoms with Crippen LogP contribution in [0.5, 0.6) is 0 Å². The highest BCUT2D eigenvalue weighted by molar-refractivity contribution is 5.90. The summed E-state index contributed by atoms with van der Waals surface area (Å²) in [6, 6.07) is 13.7. The van der Waals surface area contributed by atoms with Crippen molar-refractivity contribution in [2.24, 2.45) is 0 Å². The molecule has 1 aliphatic rings. The average Bonchev–Trinajstić information content (AvgIpc) is 2.72. The fourth-order valence-corrected chi connectivity index (χ4v) is 3.33. The van der Waals surface area contributed by atoms with E-state index in [0.29, 0.717) is 5.56 Å². The molecule has 1 amide bonds. The minimum Gasteiger partial charge on any atom is -0.449 e. The number of amides is 1. The zero-order valence-corrected chi connectivity index (χ0v) is 16.0. The number of nitrogens with one attached hydrogen (secondary N) is 1. The summed E-state index contributed by atoms with van der Waals surface area (Å²) in [7, 11) is 0. The molecule has 0 aliphatic heterocycles. The van der Waals surface area contributed by atoms with Crippen molar-refractivity contribution in [1.29, 1.82) is 0 Å². The lowest BCUT2D eigenvalue weighted by molar-refractivity contribution is -0.384. The van der Waals surface area contributed by atoms with E-state index >= 15 is 0 Å². The lowest BCUT2D eigenvalue weighted by Gasteiger charge is -2.27. The van der Waals surface area contributed by atoms with Crippen LogP contribution in [-0.2, 0) is 20.7 Å². The number of nitro benzene ring substituents is 1. The Bertz CT molecular complexity index is 936. The summed E-state index contributed by atoms with van der Waals surface area (Å²) in [4.78, 5) is 34.6. The third-order valence-corrected chi connectivity index (χ3v) is 4.86. The van der Waals surface area contributed by atoms with E-state index in [1.165, 1.54) is 48.9 Å². The summed E-state index contributed by atoms with van der Waals surface area (Å²) in [5, 5.41) is 13.6. The molecule has 2 atom stereocenters. The van der Waals surface area contributed by atoms with Gasteiger partial charge in [-0.25, -0.2) is 4.79 Å². The Hall–Kier alpha value is -3.48. The van der Waals surface area contributed by atoms with Gasteiger partial charge in [0.1, 0.15) is 0 Å². The Labute approximate surface area is 168 Å². The number of benzene rings is 2. The molecule has 0 radical (unpaired) electrons. The van der Waals surface area contributed by atoms with Gasteiger partial charge >= 0.3 is 5.97 Å². The number of hydrogen-bond acceptors (Lipinski definition) is 5. The smallest absolute Gasteiger partial charge is 0.331 e. The lowest BCUT2D eigenvalue weighted by Crippen LogP contribution is -2.39. The maximum atomic E-state index is 12.5. The molecule has 7 heteroatoms. The summed E-state index contributed by atoms with van der Waals surface area (Å²) in [6.07, 6.45) is 4.59. The van der Waals surface area contributed by atoms with Gasteiger partial charge in [-0.2, -0.15) is 0 Å². The molecule has 0 fully saturated rings. The van der Waals surface area contributed by atoms with Gasteiger partial charge in [0.25, 0.3) is 11.6 Å². The second-order valence-electron chi connectivity index (χ2n) is 6.91. The number of non-ortho nitro benzene ring substituents is 1. The first-order chi connectivity index (χ1) is 13.9. The monoisotopic (exact) mass is 394 g/mol. The second-order valence-corrected chi connectivity index (χ2v) is 6.91. The summed E-state index contributed by atoms with van der Waals surface area (Å²) in [5.41, 5.74) is 2.94. The summed E-state index contributed by atoms with van der Waals surface area (Å²) in [5.74, 6) is -1.00. The van der Waals surface area contributed by atoms with E-state index in [4.69, 9.17) is 4.74 Å². The van der Waals surface area contributed by atoms with Gasteiger partial charge in [-0.1, -0.05) is 24.3 Å². The van der Waals surface area contributed by atoms with Gasteiger partial charge in [-0.15, -0.1) is 0 Å². The summed E-state index contributed by atoms with van der Waals surface area (Å²) >= 11 is 0. The van der Waals surface area contributed by atoms with Gasteiger partial charge in [0.2, 0.25) is 0 Å². The van der Waals surface area contributed by atoms with Crippen molar-refractivity contribution < 1.29 is 19.2 Å². The number of nitrogens with zero attached hydrogens (tertiary/aromatic N) is 1. The summed E-state index contributed by atoms with van der Waals surface area (Å²) in [6.45, 7) is 1.53. The van der Waals surface area contributed by atoms with Crippen molar-refractivity contribution in [3.05, 3.63) is 81.4 Å². The van der Waals surface area contributed by atoms with Crippen LogP contribution in [0.25, 0.3) is 6.08 Å². The van der Waals surface area contributed by atoms with Crippen molar-refractivity contribution in [3.8, 4) is 0 Å². The highest BCUT2D eigenvalue weighted by Crippen LogP contribution is 2.29. The number of nitro groups is 1. The van der Waals surface area contributed by atoms with Crippen LogP contribution in [0.15, 0.2) is 54.6 Å². The van der Waals surface area contributed by atoms with Gasteiger partial charge in [0.15, 0.2) is 6.10 Å². The Morgan fingerprint density at radius 3 is 2.66 bits per heavy atom. The molecule has 0 spiro atoms. The van der Waals surface area contributed by atoms with Crippen LogP contribution < -0.4 is 5.32 Å². The standard InChI is InChI=1S/C22H22N2O5/c1-15(22(26)23-20-8-4-6-17-5-2-3-7-19(17)20)29-21(25)14-11-16-9-12-18(13-10-16)24(27)28/h2-3,5,7,9-15,20H,4,6,8H2,1H3,(H,23,26)/b14-11+/t15-,20-/m1/s1. The maximum Gasteiger partial charge on any atom is 0.331 e. The van der Waals surface area contributed by atoms with Crippen molar-refractivity contribution >= 4 is 23.6 Å². The van der Waals surface area contributed by atoms with Crippen LogP contribution in [0, 0.1) is 10.1 Å². The van der Waals surface area contributed by atoms with Gasteiger partial charge in [-0.05, 0) is 61.1 Å². The fraction of sp³-hybridized carbons (Fsp3) is 0.273. The Kier molecular flexibility index (Phi) is 6.39. The van der Waals surface area contributed by atoms with Crippen molar-refractivity contribution in [1.82, 2.24) is 5.32 Å². The molecule has 0 bridgehead atoms. The fourth-order valence-electron chi connectivity index (χ4n) is 3.33.